The van der Waals surface area contributed by atoms with E-state index in [4.69, 9.17) is 0 Å². The first-order chi connectivity index (χ1) is 10.1. The molecule has 112 valence electrons. The fourth-order valence-corrected chi connectivity index (χ4v) is 2.18. The van der Waals surface area contributed by atoms with Crippen LogP contribution in [0, 0.1) is 0 Å². The van der Waals surface area contributed by atoms with Gasteiger partial charge in [0, 0.05) is 36.2 Å². The van der Waals surface area contributed by atoms with Gasteiger partial charge in [-0.15, -0.1) is 0 Å². The van der Waals surface area contributed by atoms with E-state index in [-0.39, 0.29) is 11.9 Å². The minimum absolute atomic E-state index is 0.186. The Kier molecular flexibility index (Phi) is 4.81. The van der Waals surface area contributed by atoms with E-state index in [1.807, 2.05) is 24.3 Å². The highest BCUT2D eigenvalue weighted by Crippen LogP contribution is 2.17. The molecule has 0 atom stereocenters. The highest BCUT2D eigenvalue weighted by Gasteiger charge is 2.13. The summed E-state index contributed by atoms with van der Waals surface area (Å²) < 4.78 is 0. The van der Waals surface area contributed by atoms with E-state index in [9.17, 15) is 9.59 Å². The molecule has 1 aliphatic heterocycles. The van der Waals surface area contributed by atoms with E-state index in [0.29, 0.717) is 17.9 Å². The second-order valence-corrected chi connectivity index (χ2v) is 4.69. The van der Waals surface area contributed by atoms with Gasteiger partial charge in [-0.1, -0.05) is 0 Å². The van der Waals surface area contributed by atoms with Gasteiger partial charge in [-0.05, 0) is 38.1 Å². The van der Waals surface area contributed by atoms with Crippen LogP contribution in [0.1, 0.15) is 13.8 Å². The molecule has 0 aliphatic carbocycles. The van der Waals surface area contributed by atoms with Gasteiger partial charge in [0.05, 0.1) is 6.54 Å². The number of nitrogens with one attached hydrogen (secondary N) is 3. The fourth-order valence-electron chi connectivity index (χ4n) is 2.18. The van der Waals surface area contributed by atoms with Gasteiger partial charge in [-0.2, -0.15) is 0 Å². The van der Waals surface area contributed by atoms with Gasteiger partial charge in [0.1, 0.15) is 0 Å². The molecule has 0 aromatic heterocycles. The molecule has 21 heavy (non-hydrogen) atoms. The standard InChI is InChI=1S/C15H20N4O2/c1-3-19(4-2)13-7-5-11(6-8-13)17-15(21)18-12-9-14(20)16-10-12/h5-9H,3-4,10H2,1-2H3,(H,16,20)(H2,17,18,21). The van der Waals surface area contributed by atoms with Gasteiger partial charge >= 0.3 is 6.03 Å². The molecule has 3 amide bonds. The summed E-state index contributed by atoms with van der Waals surface area (Å²) >= 11 is 0. The van der Waals surface area contributed by atoms with Crippen molar-refractivity contribution in [2.24, 2.45) is 0 Å². The Labute approximate surface area is 124 Å². The van der Waals surface area contributed by atoms with Crippen molar-refractivity contribution in [1.82, 2.24) is 10.6 Å². The Hall–Kier alpha value is -2.50. The van der Waals surface area contributed by atoms with Crippen LogP contribution in [0.4, 0.5) is 16.2 Å². The number of rotatable bonds is 5. The van der Waals surface area contributed by atoms with Crippen LogP contribution in [0.3, 0.4) is 0 Å². The molecule has 1 heterocycles. The Morgan fingerprint density at radius 1 is 1.19 bits per heavy atom. The van der Waals surface area contributed by atoms with Crippen molar-refractivity contribution in [2.75, 3.05) is 29.9 Å². The lowest BCUT2D eigenvalue weighted by atomic mass is 10.2. The number of hydrogen-bond donors (Lipinski definition) is 3. The van der Waals surface area contributed by atoms with E-state index in [1.54, 1.807) is 0 Å². The zero-order valence-corrected chi connectivity index (χ0v) is 12.3. The molecule has 2 rings (SSSR count). The van der Waals surface area contributed by atoms with Gasteiger partial charge in [-0.25, -0.2) is 4.79 Å². The Bertz CT molecular complexity index is 547. The molecule has 6 nitrogen and oxygen atoms in total. The summed E-state index contributed by atoms with van der Waals surface area (Å²) in [5, 5.41) is 7.96. The zero-order chi connectivity index (χ0) is 15.2. The lowest BCUT2D eigenvalue weighted by Gasteiger charge is -2.21. The summed E-state index contributed by atoms with van der Waals surface area (Å²) in [6.45, 7) is 6.45. The van der Waals surface area contributed by atoms with Crippen molar-refractivity contribution in [3.05, 3.63) is 36.0 Å². The summed E-state index contributed by atoms with van der Waals surface area (Å²) in [6, 6.07) is 7.32. The monoisotopic (exact) mass is 288 g/mol. The quantitative estimate of drug-likeness (QED) is 0.771. The second-order valence-electron chi connectivity index (χ2n) is 4.69. The molecule has 1 aromatic rings. The lowest BCUT2D eigenvalue weighted by molar-refractivity contribution is -0.115. The molecule has 0 spiro atoms. The lowest BCUT2D eigenvalue weighted by Crippen LogP contribution is -2.30. The van der Waals surface area contributed by atoms with Crippen LogP contribution in [-0.4, -0.2) is 31.6 Å². The average molecular weight is 288 g/mol. The summed E-state index contributed by atoms with van der Waals surface area (Å²) in [6.07, 6.45) is 1.38. The summed E-state index contributed by atoms with van der Waals surface area (Å²) in [7, 11) is 0. The molecule has 3 N–H and O–H groups in total. The van der Waals surface area contributed by atoms with Crippen LogP contribution >= 0.6 is 0 Å². The number of carbonyl (C=O) groups excluding carboxylic acids is 2. The van der Waals surface area contributed by atoms with Crippen molar-refractivity contribution in [3.8, 4) is 0 Å². The average Bonchev–Trinajstić information content (AvgIpc) is 2.87. The minimum Gasteiger partial charge on any atom is -0.372 e. The highest BCUT2D eigenvalue weighted by atomic mass is 16.2. The topological polar surface area (TPSA) is 73.5 Å². The number of urea groups is 1. The largest absolute Gasteiger partial charge is 0.372 e. The molecular weight excluding hydrogens is 268 g/mol. The second kappa shape index (κ2) is 6.78. The van der Waals surface area contributed by atoms with E-state index in [1.165, 1.54) is 6.08 Å². The third-order valence-corrected chi connectivity index (χ3v) is 3.29. The third kappa shape index (κ3) is 3.98. The minimum atomic E-state index is -0.353. The van der Waals surface area contributed by atoms with Crippen molar-refractivity contribution in [2.45, 2.75) is 13.8 Å². The molecule has 1 aliphatic rings. The first kappa shape index (κ1) is 14.9. The molecule has 0 saturated carbocycles. The first-order valence-corrected chi connectivity index (χ1v) is 7.03. The normalized spacial score (nSPS) is 13.4. The predicted octanol–water partition coefficient (Wildman–Crippen LogP) is 1.67. The Balaban J connectivity index is 1.92. The van der Waals surface area contributed by atoms with Crippen molar-refractivity contribution in [3.63, 3.8) is 0 Å². The molecule has 1 aromatic carbocycles. The summed E-state index contributed by atoms with van der Waals surface area (Å²) in [4.78, 5) is 25.0. The maximum absolute atomic E-state index is 11.8. The van der Waals surface area contributed by atoms with Crippen LogP contribution in [0.15, 0.2) is 36.0 Å². The number of carbonyl (C=O) groups is 2. The highest BCUT2D eigenvalue weighted by molar-refractivity contribution is 5.95. The van der Waals surface area contributed by atoms with Gasteiger partial charge in [0.15, 0.2) is 0 Å². The van der Waals surface area contributed by atoms with Gasteiger partial charge in [-0.3, -0.25) is 4.79 Å². The Morgan fingerprint density at radius 2 is 1.86 bits per heavy atom. The number of anilines is 2. The summed E-state index contributed by atoms with van der Waals surface area (Å²) in [5.74, 6) is -0.186. The number of amides is 3. The molecule has 0 unspecified atom stereocenters. The van der Waals surface area contributed by atoms with E-state index in [2.05, 4.69) is 34.7 Å². The fraction of sp³-hybridized carbons (Fsp3) is 0.333. The van der Waals surface area contributed by atoms with Gasteiger partial charge in [0.2, 0.25) is 5.91 Å². The van der Waals surface area contributed by atoms with Crippen LogP contribution in [-0.2, 0) is 4.79 Å². The van der Waals surface area contributed by atoms with Crippen LogP contribution in [0.25, 0.3) is 0 Å². The predicted molar refractivity (Wildman–Crippen MR) is 83.3 cm³/mol. The van der Waals surface area contributed by atoms with Crippen LogP contribution < -0.4 is 20.9 Å². The number of benzene rings is 1. The van der Waals surface area contributed by atoms with Gasteiger partial charge in [0.25, 0.3) is 0 Å². The maximum Gasteiger partial charge on any atom is 0.323 e. The molecule has 0 radical (unpaired) electrons. The molecule has 0 saturated heterocycles. The third-order valence-electron chi connectivity index (χ3n) is 3.29. The van der Waals surface area contributed by atoms with Crippen LogP contribution in [0.2, 0.25) is 0 Å². The molecular formula is C15H20N4O2. The van der Waals surface area contributed by atoms with E-state index >= 15 is 0 Å². The molecule has 0 bridgehead atoms. The van der Waals surface area contributed by atoms with Gasteiger partial charge < -0.3 is 20.9 Å². The number of nitrogens with zero attached hydrogens (tertiary/aromatic N) is 1. The maximum atomic E-state index is 11.8. The molecule has 6 heteroatoms. The van der Waals surface area contributed by atoms with E-state index < -0.39 is 0 Å². The smallest absolute Gasteiger partial charge is 0.323 e. The first-order valence-electron chi connectivity index (χ1n) is 7.03. The summed E-state index contributed by atoms with van der Waals surface area (Å²) in [5.41, 5.74) is 2.40. The van der Waals surface area contributed by atoms with Crippen LogP contribution in [0.5, 0.6) is 0 Å². The van der Waals surface area contributed by atoms with E-state index in [0.717, 1.165) is 18.8 Å². The van der Waals surface area contributed by atoms with Crippen molar-refractivity contribution < 1.29 is 9.59 Å². The molecule has 0 fully saturated rings. The number of hydrogen-bond acceptors (Lipinski definition) is 3. The Morgan fingerprint density at radius 3 is 2.38 bits per heavy atom. The SMILES string of the molecule is CCN(CC)c1ccc(NC(=O)NC2=CC(=O)NC2)cc1. The van der Waals surface area contributed by atoms with Crippen molar-refractivity contribution >= 4 is 23.3 Å². The zero-order valence-electron chi connectivity index (χ0n) is 12.3. The van der Waals surface area contributed by atoms with Crippen molar-refractivity contribution in [1.29, 1.82) is 0 Å².